The monoisotopic (exact) mass is 580 g/mol. The van der Waals surface area contributed by atoms with Crippen LogP contribution in [-0.2, 0) is 6.18 Å². The molecule has 1 atom stereocenters. The van der Waals surface area contributed by atoms with Crippen molar-refractivity contribution in [1.29, 1.82) is 0 Å². The second-order valence-corrected chi connectivity index (χ2v) is 10.2. The number of aliphatic imine (C=N–C) groups is 1. The zero-order chi connectivity index (χ0) is 29.7. The maximum atomic E-state index is 14.6. The third kappa shape index (κ3) is 7.99. The van der Waals surface area contributed by atoms with E-state index in [0.29, 0.717) is 18.1 Å². The zero-order valence-corrected chi connectivity index (χ0v) is 22.3. The molecule has 0 aliphatic heterocycles. The van der Waals surface area contributed by atoms with Gasteiger partial charge < -0.3 is 15.3 Å². The number of hydrogen-bond donors (Lipinski definition) is 2. The molecule has 1 aliphatic rings. The summed E-state index contributed by atoms with van der Waals surface area (Å²) in [5, 5.41) is 20.8. The molecule has 1 saturated carbocycles. The van der Waals surface area contributed by atoms with Crippen LogP contribution in [0.15, 0.2) is 58.2 Å². The molecule has 3 aromatic rings. The Bertz CT molecular complexity index is 1390. The molecule has 0 unspecified atom stereocenters. The first-order valence-electron chi connectivity index (χ1n) is 12.9. The number of hydrogen-bond acceptors (Lipinski definition) is 6. The minimum absolute atomic E-state index is 0.0323. The number of carbonyl (C=O) groups is 1. The lowest BCUT2D eigenvalue weighted by Gasteiger charge is -2.26. The fourth-order valence-electron chi connectivity index (χ4n) is 4.78. The van der Waals surface area contributed by atoms with Gasteiger partial charge in [0, 0.05) is 36.5 Å². The normalized spacial score (nSPS) is 18.8. The Morgan fingerprint density at radius 2 is 1.88 bits per heavy atom. The molecule has 0 spiro atoms. The van der Waals surface area contributed by atoms with E-state index in [2.05, 4.69) is 25.8 Å². The topological polar surface area (TPSA) is 110 Å². The zero-order valence-electron chi connectivity index (χ0n) is 22.3. The Balaban J connectivity index is 1.45. The van der Waals surface area contributed by atoms with Gasteiger partial charge in [-0.2, -0.15) is 13.2 Å². The van der Waals surface area contributed by atoms with Gasteiger partial charge in [0.1, 0.15) is 5.82 Å². The number of urea groups is 1. The lowest BCUT2D eigenvalue weighted by Crippen LogP contribution is -2.43. The quantitative estimate of drug-likeness (QED) is 0.166. The van der Waals surface area contributed by atoms with E-state index in [-0.39, 0.29) is 17.6 Å². The predicted molar refractivity (Wildman–Crippen MR) is 138 cm³/mol. The summed E-state index contributed by atoms with van der Waals surface area (Å²) in [7, 11) is 4.06. The highest BCUT2D eigenvalue weighted by atomic mass is 19.4. The second kappa shape index (κ2) is 12.6. The molecule has 41 heavy (non-hydrogen) atoms. The summed E-state index contributed by atoms with van der Waals surface area (Å²) in [6, 6.07) is 5.79. The number of nitrogens with zero attached hydrogens (tertiary/aromatic N) is 4. The highest BCUT2D eigenvalue weighted by molar-refractivity contribution is 5.99. The lowest BCUT2D eigenvalue weighted by atomic mass is 9.86. The second-order valence-electron chi connectivity index (χ2n) is 10.2. The fourth-order valence-corrected chi connectivity index (χ4v) is 4.78. The third-order valence-corrected chi connectivity index (χ3v) is 6.67. The summed E-state index contributed by atoms with van der Waals surface area (Å²) in [5.74, 6) is -1.95. The predicted octanol–water partition coefficient (Wildman–Crippen LogP) is 5.16. The van der Waals surface area contributed by atoms with Crippen LogP contribution in [0.2, 0.25) is 0 Å². The maximum absolute atomic E-state index is 14.6. The number of nitrogens with one attached hydrogen (secondary N) is 2. The van der Waals surface area contributed by atoms with E-state index >= 15 is 0 Å². The first kappa shape index (κ1) is 29.9. The van der Waals surface area contributed by atoms with Gasteiger partial charge in [-0.25, -0.2) is 13.6 Å². The Morgan fingerprint density at radius 3 is 2.54 bits per heavy atom. The molecule has 1 heterocycles. The molecule has 2 amide bonds. The maximum Gasteiger partial charge on any atom is 0.416 e. The largest absolute Gasteiger partial charge is 0.859 e. The summed E-state index contributed by atoms with van der Waals surface area (Å²) < 4.78 is 75.7. The van der Waals surface area contributed by atoms with Crippen molar-refractivity contribution in [2.75, 3.05) is 31.3 Å². The average molecular weight is 581 g/mol. The van der Waals surface area contributed by atoms with Crippen LogP contribution in [0.4, 0.5) is 44.0 Å². The van der Waals surface area contributed by atoms with Crippen molar-refractivity contribution in [3.05, 3.63) is 65.6 Å². The van der Waals surface area contributed by atoms with Gasteiger partial charge in [-0.1, -0.05) is 18.2 Å². The van der Waals surface area contributed by atoms with Crippen LogP contribution in [0.25, 0.3) is 0 Å². The molecular formula is C27H29F5N6O3. The number of carbonyl (C=O) groups excluding carboxylic acids is 1. The molecule has 14 heteroatoms. The lowest BCUT2D eigenvalue weighted by molar-refractivity contribution is -0.787. The van der Waals surface area contributed by atoms with Crippen molar-refractivity contribution < 1.29 is 41.1 Å². The van der Waals surface area contributed by atoms with Gasteiger partial charge >= 0.3 is 18.1 Å². The van der Waals surface area contributed by atoms with Crippen LogP contribution in [0.1, 0.15) is 49.0 Å². The molecule has 1 aliphatic carbocycles. The Kier molecular flexibility index (Phi) is 9.21. The number of benzene rings is 2. The molecule has 1 fully saturated rings. The van der Waals surface area contributed by atoms with Crippen molar-refractivity contribution in [3.63, 3.8) is 0 Å². The smallest absolute Gasteiger partial charge is 0.416 e. The van der Waals surface area contributed by atoms with E-state index in [4.69, 9.17) is 4.52 Å². The highest BCUT2D eigenvalue weighted by Gasteiger charge is 2.32. The van der Waals surface area contributed by atoms with Gasteiger partial charge in [0.15, 0.2) is 12.2 Å². The molecule has 2 N–H and O–H groups in total. The number of anilines is 2. The molecule has 0 bridgehead atoms. The minimum Gasteiger partial charge on any atom is -0.859 e. The molecule has 0 saturated heterocycles. The number of rotatable bonds is 8. The molecule has 220 valence electrons. The standard InChI is InChI=1S/C27H29F5N6O3/c1-37(2)14-16-7-9-20(10-8-16)38-15-23(41-36-38)35-26(40)34-19-12-17(27(30,31)32)11-18(13-19)33-25(39)24(29)21-5-3-4-6-22(21)28/h3-6,11-13,15-16,20,24H,7-10,14H2,1-2H3,(H2-,33,34,35,36,39,40)/t16?,20?,24-/m0/s1. The van der Waals surface area contributed by atoms with E-state index in [1.54, 1.807) is 4.68 Å². The summed E-state index contributed by atoms with van der Waals surface area (Å²) in [6.07, 6.45) is -2.12. The third-order valence-electron chi connectivity index (χ3n) is 6.67. The van der Waals surface area contributed by atoms with Crippen LogP contribution in [0, 0.1) is 11.7 Å². The van der Waals surface area contributed by atoms with Gasteiger partial charge in [0.25, 0.3) is 6.20 Å². The van der Waals surface area contributed by atoms with E-state index in [1.807, 2.05) is 14.1 Å². The van der Waals surface area contributed by atoms with Crippen LogP contribution in [0.3, 0.4) is 0 Å². The van der Waals surface area contributed by atoms with Crippen molar-refractivity contribution in [2.24, 2.45) is 10.9 Å². The first-order chi connectivity index (χ1) is 19.4. The molecule has 1 aromatic heterocycles. The average Bonchev–Trinajstić information content (AvgIpc) is 3.36. The van der Waals surface area contributed by atoms with Gasteiger partial charge in [0.05, 0.1) is 11.3 Å². The van der Waals surface area contributed by atoms with Crippen LogP contribution in [0.5, 0.6) is 0 Å². The summed E-state index contributed by atoms with van der Waals surface area (Å²) in [5.41, 5.74) is -2.80. The van der Waals surface area contributed by atoms with Crippen molar-refractivity contribution in [1.82, 2.24) is 10.2 Å². The summed E-state index contributed by atoms with van der Waals surface area (Å²) in [6.45, 7) is 1.00. The number of aromatic nitrogens is 2. The minimum atomic E-state index is -4.87. The first-order valence-corrected chi connectivity index (χ1v) is 12.9. The van der Waals surface area contributed by atoms with E-state index in [0.717, 1.165) is 50.4 Å². The highest BCUT2D eigenvalue weighted by Crippen LogP contribution is 2.35. The van der Waals surface area contributed by atoms with E-state index in [9.17, 15) is 31.9 Å². The van der Waals surface area contributed by atoms with Crippen molar-refractivity contribution in [3.8, 4) is 0 Å². The molecule has 0 radical (unpaired) electrons. The summed E-state index contributed by atoms with van der Waals surface area (Å²) in [4.78, 5) is 18.1. The van der Waals surface area contributed by atoms with Gasteiger partial charge in [-0.05, 0) is 61.8 Å². The van der Waals surface area contributed by atoms with Gasteiger partial charge in [-0.3, -0.25) is 14.8 Å². The fraction of sp³-hybridized carbons (Fsp3) is 0.407. The SMILES string of the molecule is CN(C)CC1CCC([n+]2cc(NC(=O)Nc3cc(N=C([O-])[C@@H](F)c4ccccc4F)cc(C(F)(F)F)c3)on2)CC1. The van der Waals surface area contributed by atoms with Crippen molar-refractivity contribution >= 4 is 29.2 Å². The molecule has 2 aromatic carbocycles. The Morgan fingerprint density at radius 1 is 1.17 bits per heavy atom. The molecular weight excluding hydrogens is 551 g/mol. The van der Waals surface area contributed by atoms with Crippen LogP contribution in [-0.4, -0.2) is 42.7 Å². The summed E-state index contributed by atoms with van der Waals surface area (Å²) >= 11 is 0. The number of halogens is 5. The molecule has 9 nitrogen and oxygen atoms in total. The van der Waals surface area contributed by atoms with Crippen LogP contribution >= 0.6 is 0 Å². The van der Waals surface area contributed by atoms with Gasteiger partial charge in [-0.15, -0.1) is 0 Å². The van der Waals surface area contributed by atoms with Crippen LogP contribution < -0.4 is 20.4 Å². The van der Waals surface area contributed by atoms with Crippen molar-refractivity contribution in [2.45, 2.75) is 44.1 Å². The van der Waals surface area contributed by atoms with Gasteiger partial charge in [0.2, 0.25) is 5.27 Å². The molecule has 4 rings (SSSR count). The Hall–Kier alpha value is -4.07. The van der Waals surface area contributed by atoms with E-state index < -0.39 is 46.9 Å². The number of amides is 2. The van der Waals surface area contributed by atoms with E-state index in [1.165, 1.54) is 18.3 Å². The Labute approximate surface area is 232 Å². The number of alkyl halides is 4.